The van der Waals surface area contributed by atoms with Crippen molar-refractivity contribution < 1.29 is 66.1 Å². The van der Waals surface area contributed by atoms with Crippen LogP contribution in [-0.2, 0) is 11.2 Å². The smallest absolute Gasteiger partial charge is 0.548 e. The van der Waals surface area contributed by atoms with Gasteiger partial charge in [-0.2, -0.15) is 0 Å². The number of urea groups is 1. The zero-order valence-electron chi connectivity index (χ0n) is 15.5. The maximum absolute atomic E-state index is 12.0. The molecule has 0 unspecified atom stereocenters. The zero-order chi connectivity index (χ0) is 19.1. The third-order valence-corrected chi connectivity index (χ3v) is 4.03. The summed E-state index contributed by atoms with van der Waals surface area (Å²) < 4.78 is 0. The topological polar surface area (TPSA) is 97.1 Å². The molecule has 3 rings (SSSR count). The second kappa shape index (κ2) is 11.0. The molecule has 3 aromatic rings. The second-order valence-corrected chi connectivity index (χ2v) is 5.93. The number of H-pyrrole nitrogens is 1. The minimum atomic E-state index is -1.34. The number of rotatable bonds is 5. The molecular weight excluding hydrogens is 381 g/mol. The average molecular weight is 399 g/mol. The second-order valence-electron chi connectivity index (χ2n) is 5.93. The number of carbonyl (C=O) groups is 2. The molecule has 1 atom stereocenters. The number of nitrogens with one attached hydrogen (secondary N) is 3. The molecule has 0 radical (unpaired) electrons. The molecule has 28 heavy (non-hydrogen) atoms. The van der Waals surface area contributed by atoms with E-state index in [4.69, 9.17) is 0 Å². The number of amides is 2. The van der Waals surface area contributed by atoms with E-state index in [-0.39, 0.29) is 64.4 Å². The first-order valence-corrected chi connectivity index (χ1v) is 8.47. The SMILES string of the molecule is O=C(NCC#Cc1ccccc1)N[C@@H](Cc1c[nH]c2ccccc12)C(=O)[O-].[K+]. The predicted octanol–water partition coefficient (Wildman–Crippen LogP) is -1.82. The van der Waals surface area contributed by atoms with Crippen LogP contribution in [0.25, 0.3) is 10.9 Å². The quantitative estimate of drug-likeness (QED) is 0.348. The number of carboxylic acid groups (broad SMARTS) is 1. The first kappa shape index (κ1) is 22.2. The molecule has 0 aliphatic carbocycles. The van der Waals surface area contributed by atoms with Gasteiger partial charge in [-0.05, 0) is 23.8 Å². The number of hydrogen-bond acceptors (Lipinski definition) is 3. The summed E-state index contributed by atoms with van der Waals surface area (Å²) in [6.07, 6.45) is 1.86. The Bertz CT molecular complexity index is 1010. The van der Waals surface area contributed by atoms with Crippen LogP contribution in [0.3, 0.4) is 0 Å². The molecule has 1 heterocycles. The van der Waals surface area contributed by atoms with Crippen molar-refractivity contribution in [2.24, 2.45) is 0 Å². The fraction of sp³-hybridized carbons (Fsp3) is 0.143. The number of fused-ring (bicyclic) bond motifs is 1. The Balaban J connectivity index is 0.00000280. The van der Waals surface area contributed by atoms with Crippen LogP contribution in [0.15, 0.2) is 60.8 Å². The molecule has 2 amide bonds. The first-order valence-electron chi connectivity index (χ1n) is 8.47. The van der Waals surface area contributed by atoms with Crippen molar-refractivity contribution in [1.82, 2.24) is 15.6 Å². The van der Waals surface area contributed by atoms with Crippen LogP contribution >= 0.6 is 0 Å². The largest absolute Gasteiger partial charge is 1.00 e. The fourth-order valence-corrected chi connectivity index (χ4v) is 2.72. The van der Waals surface area contributed by atoms with Crippen molar-refractivity contribution in [2.75, 3.05) is 6.54 Å². The minimum absolute atomic E-state index is 0. The van der Waals surface area contributed by atoms with Crippen LogP contribution in [0.4, 0.5) is 4.79 Å². The molecule has 0 spiro atoms. The van der Waals surface area contributed by atoms with Crippen LogP contribution in [0.1, 0.15) is 11.1 Å². The van der Waals surface area contributed by atoms with E-state index < -0.39 is 18.0 Å². The Kier molecular flexibility index (Phi) is 8.76. The van der Waals surface area contributed by atoms with Gasteiger partial charge in [0, 0.05) is 29.1 Å². The van der Waals surface area contributed by atoms with E-state index in [0.29, 0.717) is 0 Å². The molecule has 136 valence electrons. The number of carbonyl (C=O) groups excluding carboxylic acids is 2. The number of aliphatic carboxylic acids is 1. The molecule has 0 bridgehead atoms. The van der Waals surface area contributed by atoms with Crippen LogP contribution in [-0.4, -0.2) is 29.6 Å². The third-order valence-electron chi connectivity index (χ3n) is 4.03. The van der Waals surface area contributed by atoms with Crippen molar-refractivity contribution in [3.63, 3.8) is 0 Å². The van der Waals surface area contributed by atoms with E-state index in [1.807, 2.05) is 54.6 Å². The molecule has 0 saturated heterocycles. The molecule has 0 aliphatic rings. The summed E-state index contributed by atoms with van der Waals surface area (Å²) in [5.41, 5.74) is 2.54. The van der Waals surface area contributed by atoms with Crippen molar-refractivity contribution in [3.05, 3.63) is 71.9 Å². The van der Waals surface area contributed by atoms with Gasteiger partial charge in [-0.1, -0.05) is 48.2 Å². The molecule has 0 aliphatic heterocycles. The normalized spacial score (nSPS) is 10.9. The Morgan fingerprint density at radius 3 is 2.54 bits per heavy atom. The summed E-state index contributed by atoms with van der Waals surface area (Å²) >= 11 is 0. The fourth-order valence-electron chi connectivity index (χ4n) is 2.72. The van der Waals surface area contributed by atoms with Gasteiger partial charge in [0.1, 0.15) is 0 Å². The van der Waals surface area contributed by atoms with Gasteiger partial charge in [0.05, 0.1) is 18.6 Å². The minimum Gasteiger partial charge on any atom is -0.548 e. The van der Waals surface area contributed by atoms with Gasteiger partial charge < -0.3 is 25.5 Å². The molecule has 6 nitrogen and oxygen atoms in total. The Morgan fingerprint density at radius 1 is 1.07 bits per heavy atom. The molecular formula is C21H18KN3O3. The van der Waals surface area contributed by atoms with E-state index in [9.17, 15) is 14.7 Å². The van der Waals surface area contributed by atoms with Crippen molar-refractivity contribution in [3.8, 4) is 11.8 Å². The van der Waals surface area contributed by atoms with E-state index in [1.54, 1.807) is 6.20 Å². The molecule has 0 saturated carbocycles. The number of benzene rings is 2. The third kappa shape index (κ3) is 6.23. The molecule has 1 aromatic heterocycles. The number of para-hydroxylation sites is 1. The Labute approximate surface area is 205 Å². The van der Waals surface area contributed by atoms with Crippen molar-refractivity contribution >= 4 is 22.9 Å². The van der Waals surface area contributed by atoms with Gasteiger partial charge in [-0.25, -0.2) is 4.79 Å². The summed E-state index contributed by atoms with van der Waals surface area (Å²) in [4.78, 5) is 26.5. The van der Waals surface area contributed by atoms with Crippen molar-refractivity contribution in [2.45, 2.75) is 12.5 Å². The van der Waals surface area contributed by atoms with Gasteiger partial charge in [-0.15, -0.1) is 0 Å². The maximum atomic E-state index is 12.0. The van der Waals surface area contributed by atoms with Crippen molar-refractivity contribution in [1.29, 1.82) is 0 Å². The molecule has 0 fully saturated rings. The standard InChI is InChI=1S/C21H19N3O3.K/c25-20(26)19(13-16-14-23-18-11-5-4-10-17(16)18)24-21(27)22-12-6-9-15-7-2-1-3-8-15;/h1-5,7-8,10-11,14,19,23H,12-13H2,(H,25,26)(H2,22,24,27);/q;+1/p-1/t19-;/m0./s1. The summed E-state index contributed by atoms with van der Waals surface area (Å²) in [6.45, 7) is 0.105. The summed E-state index contributed by atoms with van der Waals surface area (Å²) in [5, 5.41) is 17.3. The van der Waals surface area contributed by atoms with Crippen LogP contribution in [0, 0.1) is 11.8 Å². The van der Waals surface area contributed by atoms with E-state index in [2.05, 4.69) is 27.5 Å². The van der Waals surface area contributed by atoms with E-state index in [0.717, 1.165) is 22.0 Å². The summed E-state index contributed by atoms with van der Waals surface area (Å²) in [6, 6.07) is 15.2. The number of carboxylic acids is 1. The van der Waals surface area contributed by atoms with Gasteiger partial charge >= 0.3 is 57.4 Å². The van der Waals surface area contributed by atoms with E-state index >= 15 is 0 Å². The van der Waals surface area contributed by atoms with Crippen LogP contribution in [0.2, 0.25) is 0 Å². The van der Waals surface area contributed by atoms with E-state index in [1.165, 1.54) is 0 Å². The number of hydrogen-bond donors (Lipinski definition) is 3. The molecule has 3 N–H and O–H groups in total. The first-order chi connectivity index (χ1) is 13.1. The molecule has 2 aromatic carbocycles. The van der Waals surface area contributed by atoms with Gasteiger partial charge in [0.15, 0.2) is 0 Å². The monoisotopic (exact) mass is 399 g/mol. The molecule has 7 heteroatoms. The van der Waals surface area contributed by atoms with Gasteiger partial charge in [0.2, 0.25) is 0 Å². The average Bonchev–Trinajstić information content (AvgIpc) is 3.08. The Hall–Kier alpha value is -2.08. The Morgan fingerprint density at radius 2 is 1.79 bits per heavy atom. The number of aromatic amines is 1. The summed E-state index contributed by atoms with van der Waals surface area (Å²) in [5.74, 6) is 4.38. The zero-order valence-corrected chi connectivity index (χ0v) is 18.6. The summed E-state index contributed by atoms with van der Waals surface area (Å²) in [7, 11) is 0. The van der Waals surface area contributed by atoms with Crippen LogP contribution in [0.5, 0.6) is 0 Å². The van der Waals surface area contributed by atoms with Gasteiger partial charge in [0.25, 0.3) is 0 Å². The number of aromatic nitrogens is 1. The van der Waals surface area contributed by atoms with Crippen LogP contribution < -0.4 is 67.1 Å². The maximum Gasteiger partial charge on any atom is 1.00 e. The predicted molar refractivity (Wildman–Crippen MR) is 101 cm³/mol. The van der Waals surface area contributed by atoms with Gasteiger partial charge in [-0.3, -0.25) is 0 Å².